The number of phenolic OH excluding ortho intramolecular Hbond substituents is 2. The number of esters is 1. The molecule has 0 spiro atoms. The lowest BCUT2D eigenvalue weighted by atomic mass is 10.1. The summed E-state index contributed by atoms with van der Waals surface area (Å²) in [7, 11) is 1.25. The van der Waals surface area contributed by atoms with Crippen molar-refractivity contribution in [2.45, 2.75) is 0 Å². The van der Waals surface area contributed by atoms with Crippen LogP contribution < -0.4 is 0 Å². The molecule has 0 heterocycles. The summed E-state index contributed by atoms with van der Waals surface area (Å²) in [5, 5.41) is 25.9. The Morgan fingerprint density at radius 3 is 1.86 bits per heavy atom. The van der Waals surface area contributed by atoms with Gasteiger partial charge >= 0.3 is 11.9 Å². The van der Waals surface area contributed by atoms with Gasteiger partial charge in [0, 0.05) is 6.07 Å². The number of phenols is 2. The summed E-state index contributed by atoms with van der Waals surface area (Å²) in [4.78, 5) is 21.5. The number of carboxylic acids is 1. The third-order valence-corrected chi connectivity index (χ3v) is 2.36. The predicted molar refractivity (Wildman–Crippen MR) is 74.5 cm³/mol. The molecule has 0 aliphatic rings. The maximum atomic E-state index is 11.0. The molecule has 0 unspecified atom stereocenters. The fourth-order valence-corrected chi connectivity index (χ4v) is 1.39. The zero-order chi connectivity index (χ0) is 15.8. The molecule has 0 atom stereocenters. The van der Waals surface area contributed by atoms with Crippen LogP contribution in [0.1, 0.15) is 20.7 Å². The van der Waals surface area contributed by atoms with Crippen molar-refractivity contribution in [3.8, 4) is 11.5 Å². The first kappa shape index (κ1) is 16.0. The van der Waals surface area contributed by atoms with Crippen LogP contribution in [-0.2, 0) is 4.74 Å². The lowest BCUT2D eigenvalue weighted by molar-refractivity contribution is 0.0600. The van der Waals surface area contributed by atoms with E-state index in [4.69, 9.17) is 15.3 Å². The zero-order valence-corrected chi connectivity index (χ0v) is 11.2. The third kappa shape index (κ3) is 5.23. The van der Waals surface area contributed by atoms with Crippen LogP contribution in [0.25, 0.3) is 0 Å². The average molecular weight is 290 g/mol. The Morgan fingerprint density at radius 1 is 0.905 bits per heavy atom. The van der Waals surface area contributed by atoms with Crippen molar-refractivity contribution < 1.29 is 29.6 Å². The number of methoxy groups -OCH3 is 1. The molecule has 110 valence electrons. The Morgan fingerprint density at radius 2 is 1.43 bits per heavy atom. The highest BCUT2D eigenvalue weighted by Crippen LogP contribution is 2.14. The number of aromatic carboxylic acids is 1. The molecule has 0 amide bonds. The van der Waals surface area contributed by atoms with Crippen molar-refractivity contribution in [3.63, 3.8) is 0 Å². The van der Waals surface area contributed by atoms with E-state index in [1.807, 2.05) is 0 Å². The van der Waals surface area contributed by atoms with Crippen LogP contribution in [0.4, 0.5) is 0 Å². The maximum Gasteiger partial charge on any atom is 0.337 e. The van der Waals surface area contributed by atoms with Gasteiger partial charge in [-0.25, -0.2) is 9.59 Å². The van der Waals surface area contributed by atoms with Gasteiger partial charge in [0.05, 0.1) is 18.2 Å². The van der Waals surface area contributed by atoms with Gasteiger partial charge in [-0.2, -0.15) is 0 Å². The van der Waals surface area contributed by atoms with Crippen LogP contribution in [0.5, 0.6) is 11.5 Å². The largest absolute Gasteiger partial charge is 0.508 e. The van der Waals surface area contributed by atoms with E-state index < -0.39 is 11.9 Å². The van der Waals surface area contributed by atoms with E-state index in [1.54, 1.807) is 6.07 Å². The van der Waals surface area contributed by atoms with Crippen molar-refractivity contribution in [3.05, 3.63) is 59.7 Å². The molecule has 2 aromatic carbocycles. The van der Waals surface area contributed by atoms with Crippen LogP contribution in [0, 0.1) is 0 Å². The SMILES string of the molecule is COC(=O)c1cccc(C(=O)O)c1.Oc1cccc(O)c1. The summed E-state index contributed by atoms with van der Waals surface area (Å²) in [6.07, 6.45) is 0. The molecule has 0 radical (unpaired) electrons. The number of carboxylic acid groups (broad SMARTS) is 1. The number of aromatic hydroxyl groups is 2. The van der Waals surface area contributed by atoms with Gasteiger partial charge in [0.25, 0.3) is 0 Å². The van der Waals surface area contributed by atoms with E-state index in [0.29, 0.717) is 0 Å². The molecular weight excluding hydrogens is 276 g/mol. The molecule has 0 saturated heterocycles. The molecular formula is C15H14O6. The van der Waals surface area contributed by atoms with E-state index in [1.165, 1.54) is 49.6 Å². The Kier molecular flexibility index (Phi) is 5.76. The van der Waals surface area contributed by atoms with Gasteiger partial charge in [0.1, 0.15) is 11.5 Å². The molecule has 0 fully saturated rings. The molecule has 6 nitrogen and oxygen atoms in total. The molecule has 0 saturated carbocycles. The van der Waals surface area contributed by atoms with Crippen molar-refractivity contribution in [2.75, 3.05) is 7.11 Å². The summed E-state index contributed by atoms with van der Waals surface area (Å²) < 4.78 is 4.44. The fourth-order valence-electron chi connectivity index (χ4n) is 1.39. The average Bonchev–Trinajstić information content (AvgIpc) is 2.47. The van der Waals surface area contributed by atoms with E-state index in [-0.39, 0.29) is 22.6 Å². The second kappa shape index (κ2) is 7.54. The standard InChI is InChI=1S/C9H8O4.C6H6O2/c1-13-9(12)7-4-2-3-6(5-7)8(10)11;7-5-2-1-3-6(8)4-5/h2-5H,1H3,(H,10,11);1-4,7-8H. The Hall–Kier alpha value is -3.02. The van der Waals surface area contributed by atoms with Crippen molar-refractivity contribution in [2.24, 2.45) is 0 Å². The molecule has 2 aromatic rings. The number of rotatable bonds is 2. The van der Waals surface area contributed by atoms with Gasteiger partial charge in [-0.1, -0.05) is 12.1 Å². The summed E-state index contributed by atoms with van der Waals surface area (Å²) in [5.41, 5.74) is 0.310. The maximum absolute atomic E-state index is 11.0. The fraction of sp³-hybridized carbons (Fsp3) is 0.0667. The Balaban J connectivity index is 0.000000235. The monoisotopic (exact) mass is 290 g/mol. The highest BCUT2D eigenvalue weighted by atomic mass is 16.5. The Bertz CT molecular complexity index is 618. The minimum absolute atomic E-state index is 0.0721. The van der Waals surface area contributed by atoms with E-state index in [0.717, 1.165) is 0 Å². The van der Waals surface area contributed by atoms with Crippen LogP contribution in [0.3, 0.4) is 0 Å². The highest BCUT2D eigenvalue weighted by molar-refractivity contribution is 5.94. The van der Waals surface area contributed by atoms with Gasteiger partial charge < -0.3 is 20.1 Å². The number of hydrogen-bond donors (Lipinski definition) is 3. The molecule has 2 rings (SSSR count). The molecule has 0 aliphatic heterocycles. The molecule has 0 aromatic heterocycles. The lowest BCUT2D eigenvalue weighted by Crippen LogP contribution is -2.03. The number of hydrogen-bond acceptors (Lipinski definition) is 5. The summed E-state index contributed by atoms with van der Waals surface area (Å²) in [5.74, 6) is -1.43. The quantitative estimate of drug-likeness (QED) is 0.733. The topological polar surface area (TPSA) is 104 Å². The molecule has 3 N–H and O–H groups in total. The number of carbonyl (C=O) groups is 2. The second-order valence-electron chi connectivity index (χ2n) is 3.90. The second-order valence-corrected chi connectivity index (χ2v) is 3.90. The summed E-state index contributed by atoms with van der Waals surface area (Å²) in [6, 6.07) is 11.5. The minimum Gasteiger partial charge on any atom is -0.508 e. The Labute approximate surface area is 120 Å². The van der Waals surface area contributed by atoms with Crippen LogP contribution in [0.15, 0.2) is 48.5 Å². The number of benzene rings is 2. The van der Waals surface area contributed by atoms with Gasteiger partial charge in [0.15, 0.2) is 0 Å². The van der Waals surface area contributed by atoms with Crippen molar-refractivity contribution in [1.29, 1.82) is 0 Å². The van der Waals surface area contributed by atoms with Gasteiger partial charge in [-0.15, -0.1) is 0 Å². The van der Waals surface area contributed by atoms with Gasteiger partial charge in [-0.3, -0.25) is 0 Å². The van der Waals surface area contributed by atoms with Gasteiger partial charge in [0.2, 0.25) is 0 Å². The first-order chi connectivity index (χ1) is 9.93. The lowest BCUT2D eigenvalue weighted by Gasteiger charge is -1.99. The highest BCUT2D eigenvalue weighted by Gasteiger charge is 2.08. The smallest absolute Gasteiger partial charge is 0.337 e. The van der Waals surface area contributed by atoms with E-state index >= 15 is 0 Å². The van der Waals surface area contributed by atoms with E-state index in [2.05, 4.69) is 4.74 Å². The first-order valence-electron chi connectivity index (χ1n) is 5.83. The van der Waals surface area contributed by atoms with Crippen LogP contribution >= 0.6 is 0 Å². The zero-order valence-electron chi connectivity index (χ0n) is 11.2. The minimum atomic E-state index is -1.06. The summed E-state index contributed by atoms with van der Waals surface area (Å²) >= 11 is 0. The molecule has 21 heavy (non-hydrogen) atoms. The molecule has 6 heteroatoms. The first-order valence-corrected chi connectivity index (χ1v) is 5.83. The van der Waals surface area contributed by atoms with Crippen molar-refractivity contribution >= 4 is 11.9 Å². The van der Waals surface area contributed by atoms with Crippen molar-refractivity contribution in [1.82, 2.24) is 0 Å². The van der Waals surface area contributed by atoms with E-state index in [9.17, 15) is 9.59 Å². The summed E-state index contributed by atoms with van der Waals surface area (Å²) in [6.45, 7) is 0. The molecule has 0 bridgehead atoms. The van der Waals surface area contributed by atoms with Gasteiger partial charge in [-0.05, 0) is 30.3 Å². The van der Waals surface area contributed by atoms with Crippen LogP contribution in [-0.4, -0.2) is 34.4 Å². The molecule has 0 aliphatic carbocycles. The normalized spacial score (nSPS) is 9.19. The number of ether oxygens (including phenoxy) is 1. The third-order valence-electron chi connectivity index (χ3n) is 2.36. The predicted octanol–water partition coefficient (Wildman–Crippen LogP) is 2.27. The van der Waals surface area contributed by atoms with Crippen LogP contribution in [0.2, 0.25) is 0 Å². The number of carbonyl (C=O) groups excluding carboxylic acids is 1.